The highest BCUT2D eigenvalue weighted by atomic mass is 32.2. The number of fused-ring (bicyclic) bond motifs is 1. The standard InChI is InChI=1S/C10H9NO4S/c12-7-11-16(13,14)10-6-5-8-3-1-2-4-9(8)15-10/h1-4,10H,5-6H2. The van der Waals surface area contributed by atoms with Crippen molar-refractivity contribution in [3.63, 3.8) is 0 Å². The molecule has 0 fully saturated rings. The van der Waals surface area contributed by atoms with E-state index < -0.39 is 15.5 Å². The van der Waals surface area contributed by atoms with Gasteiger partial charge < -0.3 is 4.74 Å². The van der Waals surface area contributed by atoms with Crippen molar-refractivity contribution in [1.82, 2.24) is 0 Å². The third-order valence-electron chi connectivity index (χ3n) is 2.38. The lowest BCUT2D eigenvalue weighted by atomic mass is 10.1. The molecule has 1 aliphatic rings. The molecule has 1 aromatic carbocycles. The van der Waals surface area contributed by atoms with Crippen molar-refractivity contribution in [3.05, 3.63) is 29.8 Å². The van der Waals surface area contributed by atoms with E-state index in [1.165, 1.54) is 0 Å². The number of isocyanates is 1. The molecular formula is C10H9NO4S. The molecule has 1 atom stereocenters. The van der Waals surface area contributed by atoms with Crippen LogP contribution in [0, 0.1) is 0 Å². The summed E-state index contributed by atoms with van der Waals surface area (Å²) in [6.07, 6.45) is 1.92. The molecule has 5 nitrogen and oxygen atoms in total. The molecule has 0 spiro atoms. The highest BCUT2D eigenvalue weighted by Gasteiger charge is 2.30. The summed E-state index contributed by atoms with van der Waals surface area (Å²) in [7, 11) is -3.90. The van der Waals surface area contributed by atoms with Crippen LogP contribution in [0.2, 0.25) is 0 Å². The first-order chi connectivity index (χ1) is 7.63. The summed E-state index contributed by atoms with van der Waals surface area (Å²) in [6, 6.07) is 7.19. The van der Waals surface area contributed by atoms with Crippen LogP contribution in [-0.4, -0.2) is 19.9 Å². The summed E-state index contributed by atoms with van der Waals surface area (Å²) in [5.41, 5.74) is -0.118. The van der Waals surface area contributed by atoms with Crippen molar-refractivity contribution in [2.75, 3.05) is 0 Å². The Bertz CT molecular complexity index is 546. The van der Waals surface area contributed by atoms with Crippen LogP contribution in [0.25, 0.3) is 0 Å². The summed E-state index contributed by atoms with van der Waals surface area (Å²) in [6.45, 7) is 0. The highest BCUT2D eigenvalue weighted by molar-refractivity contribution is 7.90. The zero-order chi connectivity index (χ0) is 11.6. The van der Waals surface area contributed by atoms with Crippen molar-refractivity contribution in [1.29, 1.82) is 0 Å². The largest absolute Gasteiger partial charge is 0.472 e. The lowest BCUT2D eigenvalue weighted by Crippen LogP contribution is -2.29. The van der Waals surface area contributed by atoms with E-state index in [0.717, 1.165) is 11.6 Å². The van der Waals surface area contributed by atoms with E-state index in [-0.39, 0.29) is 0 Å². The first-order valence-corrected chi connectivity index (χ1v) is 6.21. The van der Waals surface area contributed by atoms with Gasteiger partial charge in [0.2, 0.25) is 5.44 Å². The van der Waals surface area contributed by atoms with Gasteiger partial charge in [0.1, 0.15) is 5.75 Å². The van der Waals surface area contributed by atoms with E-state index in [4.69, 9.17) is 4.74 Å². The van der Waals surface area contributed by atoms with Crippen molar-refractivity contribution in [3.8, 4) is 5.75 Å². The summed E-state index contributed by atoms with van der Waals surface area (Å²) in [5.74, 6) is 0.531. The van der Waals surface area contributed by atoms with Crippen LogP contribution in [0.15, 0.2) is 28.7 Å². The number of hydrogen-bond acceptors (Lipinski definition) is 4. The maximum absolute atomic E-state index is 11.4. The van der Waals surface area contributed by atoms with Crippen LogP contribution >= 0.6 is 0 Å². The molecule has 0 radical (unpaired) electrons. The average Bonchev–Trinajstić information content (AvgIpc) is 2.28. The van der Waals surface area contributed by atoms with Crippen molar-refractivity contribution >= 4 is 16.1 Å². The fraction of sp³-hybridized carbons (Fsp3) is 0.300. The normalized spacial score (nSPS) is 19.1. The lowest BCUT2D eigenvalue weighted by molar-refractivity contribution is 0.242. The first kappa shape index (κ1) is 10.9. The van der Waals surface area contributed by atoms with E-state index in [1.807, 2.05) is 12.1 Å². The predicted octanol–water partition coefficient (Wildman–Crippen LogP) is 1.00. The molecule has 0 saturated carbocycles. The Hall–Kier alpha value is -1.65. The van der Waals surface area contributed by atoms with E-state index in [9.17, 15) is 13.2 Å². The van der Waals surface area contributed by atoms with Crippen LogP contribution < -0.4 is 4.74 Å². The lowest BCUT2D eigenvalue weighted by Gasteiger charge is -2.23. The Kier molecular flexibility index (Phi) is 2.77. The molecule has 1 unspecified atom stereocenters. The van der Waals surface area contributed by atoms with Crippen LogP contribution in [0.1, 0.15) is 12.0 Å². The van der Waals surface area contributed by atoms with Gasteiger partial charge in [-0.2, -0.15) is 8.42 Å². The van der Waals surface area contributed by atoms with Gasteiger partial charge in [0.15, 0.2) is 0 Å². The SMILES string of the molecule is O=C=NS(=O)(=O)C1CCc2ccccc2O1. The number of carbonyl (C=O) groups excluding carboxylic acids is 1. The number of benzene rings is 1. The average molecular weight is 239 g/mol. The van der Waals surface area contributed by atoms with E-state index in [0.29, 0.717) is 18.6 Å². The van der Waals surface area contributed by atoms with Gasteiger partial charge in [-0.3, -0.25) is 0 Å². The predicted molar refractivity (Wildman–Crippen MR) is 56.2 cm³/mol. The Morgan fingerprint density at radius 3 is 2.88 bits per heavy atom. The smallest absolute Gasteiger partial charge is 0.301 e. The van der Waals surface area contributed by atoms with Crippen LogP contribution in [-0.2, 0) is 21.2 Å². The van der Waals surface area contributed by atoms with Gasteiger partial charge in [0.05, 0.1) is 0 Å². The number of aryl methyl sites for hydroxylation is 1. The second-order valence-corrected chi connectivity index (χ2v) is 5.13. The number of sulfonamides is 1. The molecule has 0 saturated heterocycles. The van der Waals surface area contributed by atoms with Gasteiger partial charge in [0.25, 0.3) is 6.08 Å². The molecule has 16 heavy (non-hydrogen) atoms. The summed E-state index contributed by atoms with van der Waals surface area (Å²) >= 11 is 0. The van der Waals surface area contributed by atoms with Gasteiger partial charge in [0, 0.05) is 6.42 Å². The highest BCUT2D eigenvalue weighted by Crippen LogP contribution is 2.29. The maximum atomic E-state index is 11.4. The molecule has 0 aromatic heterocycles. The fourth-order valence-corrected chi connectivity index (χ4v) is 2.48. The second-order valence-electron chi connectivity index (χ2n) is 3.39. The molecule has 0 aliphatic carbocycles. The van der Waals surface area contributed by atoms with Gasteiger partial charge in [-0.15, -0.1) is 0 Å². The zero-order valence-corrected chi connectivity index (χ0v) is 9.11. The summed E-state index contributed by atoms with van der Waals surface area (Å²) < 4.78 is 31.0. The summed E-state index contributed by atoms with van der Waals surface area (Å²) in [5, 5.41) is 0. The van der Waals surface area contributed by atoms with Crippen LogP contribution in [0.5, 0.6) is 5.75 Å². The molecular weight excluding hydrogens is 230 g/mol. The molecule has 84 valence electrons. The van der Waals surface area contributed by atoms with Gasteiger partial charge >= 0.3 is 10.0 Å². The molecule has 0 N–H and O–H groups in total. The Balaban J connectivity index is 2.30. The van der Waals surface area contributed by atoms with Gasteiger partial charge in [-0.25, -0.2) is 4.79 Å². The minimum absolute atomic E-state index is 0.296. The summed E-state index contributed by atoms with van der Waals surface area (Å²) in [4.78, 5) is 9.98. The fourth-order valence-electron chi connectivity index (χ4n) is 1.62. The molecule has 2 rings (SSSR count). The number of nitrogens with zero attached hydrogens (tertiary/aromatic N) is 1. The number of rotatable bonds is 2. The second kappa shape index (κ2) is 4.08. The quantitative estimate of drug-likeness (QED) is 0.570. The van der Waals surface area contributed by atoms with Crippen molar-refractivity contribution in [2.24, 2.45) is 4.40 Å². The van der Waals surface area contributed by atoms with Crippen LogP contribution in [0.4, 0.5) is 0 Å². The Labute approximate surface area is 92.8 Å². The van der Waals surface area contributed by atoms with E-state index >= 15 is 0 Å². The van der Waals surface area contributed by atoms with Crippen molar-refractivity contribution < 1.29 is 17.9 Å². The van der Waals surface area contributed by atoms with Crippen molar-refractivity contribution in [2.45, 2.75) is 18.3 Å². The Morgan fingerprint density at radius 2 is 2.12 bits per heavy atom. The number of para-hydroxylation sites is 1. The molecule has 6 heteroatoms. The topological polar surface area (TPSA) is 72.8 Å². The monoisotopic (exact) mass is 239 g/mol. The minimum Gasteiger partial charge on any atom is -0.472 e. The van der Waals surface area contributed by atoms with Crippen LogP contribution in [0.3, 0.4) is 0 Å². The zero-order valence-electron chi connectivity index (χ0n) is 8.29. The molecule has 0 bridgehead atoms. The molecule has 1 heterocycles. The maximum Gasteiger partial charge on any atom is 0.301 e. The van der Waals surface area contributed by atoms with Gasteiger partial charge in [-0.05, 0) is 18.1 Å². The molecule has 1 aromatic rings. The van der Waals surface area contributed by atoms with E-state index in [2.05, 4.69) is 4.40 Å². The van der Waals surface area contributed by atoms with E-state index in [1.54, 1.807) is 12.1 Å². The third kappa shape index (κ3) is 1.98. The van der Waals surface area contributed by atoms with Gasteiger partial charge in [-0.1, -0.05) is 22.6 Å². The number of ether oxygens (including phenoxy) is 1. The Morgan fingerprint density at radius 1 is 1.38 bits per heavy atom. The third-order valence-corrected chi connectivity index (χ3v) is 3.70. The molecule has 1 aliphatic heterocycles. The minimum atomic E-state index is -3.90. The first-order valence-electron chi connectivity index (χ1n) is 4.71. The molecule has 0 amide bonds. The number of hydrogen-bond donors (Lipinski definition) is 0.